The highest BCUT2D eigenvalue weighted by Crippen LogP contribution is 2.44. The lowest BCUT2D eigenvalue weighted by molar-refractivity contribution is -0.00620. The van der Waals surface area contributed by atoms with Gasteiger partial charge in [-0.25, -0.2) is 0 Å². The van der Waals surface area contributed by atoms with Gasteiger partial charge in [-0.05, 0) is 43.9 Å². The van der Waals surface area contributed by atoms with Crippen molar-refractivity contribution in [3.63, 3.8) is 0 Å². The zero-order valence-corrected chi connectivity index (χ0v) is 10.3. The highest BCUT2D eigenvalue weighted by atomic mass is 16.5. The molecule has 0 aromatic carbocycles. The second-order valence-corrected chi connectivity index (χ2v) is 6.30. The van der Waals surface area contributed by atoms with Gasteiger partial charge in [0.15, 0.2) is 0 Å². The van der Waals surface area contributed by atoms with E-state index in [-0.39, 0.29) is 6.10 Å². The van der Waals surface area contributed by atoms with E-state index in [0.717, 1.165) is 12.3 Å². The maximum absolute atomic E-state index is 10.5. The van der Waals surface area contributed by atoms with E-state index in [4.69, 9.17) is 4.74 Å². The van der Waals surface area contributed by atoms with E-state index >= 15 is 0 Å². The Morgan fingerprint density at radius 1 is 1.12 bits per heavy atom. The molecule has 2 saturated heterocycles. The van der Waals surface area contributed by atoms with Crippen molar-refractivity contribution < 1.29 is 9.84 Å². The Hall–Kier alpha value is -0.0800. The Bertz CT molecular complexity index is 253. The molecule has 6 atom stereocenters. The lowest BCUT2D eigenvalue weighted by Crippen LogP contribution is -2.37. The first-order chi connectivity index (χ1) is 7.74. The van der Waals surface area contributed by atoms with Crippen molar-refractivity contribution in [3.8, 4) is 0 Å². The molecule has 0 aromatic heterocycles. The van der Waals surface area contributed by atoms with Crippen LogP contribution in [0.25, 0.3) is 0 Å². The lowest BCUT2D eigenvalue weighted by Gasteiger charge is -2.35. The van der Waals surface area contributed by atoms with E-state index in [0.29, 0.717) is 24.0 Å². The molecular weight excluding hydrogens is 200 g/mol. The number of fused-ring (bicyclic) bond motifs is 2. The largest absolute Gasteiger partial charge is 0.392 e. The number of ether oxygens (including phenoxy) is 1. The molecule has 0 amide bonds. The summed E-state index contributed by atoms with van der Waals surface area (Å²) < 4.78 is 5.86. The quantitative estimate of drug-likeness (QED) is 0.781. The van der Waals surface area contributed by atoms with E-state index < -0.39 is 0 Å². The maximum Gasteiger partial charge on any atom is 0.0633 e. The van der Waals surface area contributed by atoms with Crippen molar-refractivity contribution >= 4 is 0 Å². The Morgan fingerprint density at radius 2 is 2.00 bits per heavy atom. The van der Waals surface area contributed by atoms with Crippen molar-refractivity contribution in [1.29, 1.82) is 0 Å². The van der Waals surface area contributed by atoms with Gasteiger partial charge in [-0.1, -0.05) is 19.8 Å². The summed E-state index contributed by atoms with van der Waals surface area (Å²) in [6.45, 7) is 2.33. The van der Waals surface area contributed by atoms with Crippen LogP contribution in [0.3, 0.4) is 0 Å². The molecule has 6 unspecified atom stereocenters. The highest BCUT2D eigenvalue weighted by Gasteiger charge is 2.46. The fourth-order valence-electron chi connectivity index (χ4n) is 4.18. The third kappa shape index (κ3) is 1.91. The van der Waals surface area contributed by atoms with Crippen LogP contribution in [0.15, 0.2) is 0 Å². The standard InChI is InChI=1S/C14H24O2/c1-9-3-2-4-10(7-9)14(15)12-8-11-5-6-13(12)16-11/h9-15H,2-8H2,1H3. The van der Waals surface area contributed by atoms with E-state index in [2.05, 4.69) is 6.92 Å². The van der Waals surface area contributed by atoms with Crippen LogP contribution in [0, 0.1) is 17.8 Å². The van der Waals surface area contributed by atoms with Gasteiger partial charge in [-0.15, -0.1) is 0 Å². The summed E-state index contributed by atoms with van der Waals surface area (Å²) in [4.78, 5) is 0. The van der Waals surface area contributed by atoms with E-state index in [1.165, 1.54) is 38.5 Å². The van der Waals surface area contributed by atoms with Crippen LogP contribution in [-0.2, 0) is 4.74 Å². The molecule has 0 aromatic rings. The van der Waals surface area contributed by atoms with Gasteiger partial charge in [0.1, 0.15) is 0 Å². The van der Waals surface area contributed by atoms with Crippen LogP contribution < -0.4 is 0 Å². The minimum Gasteiger partial charge on any atom is -0.392 e. The number of rotatable bonds is 2. The Labute approximate surface area is 98.4 Å². The Balaban J connectivity index is 1.61. The van der Waals surface area contributed by atoms with Gasteiger partial charge in [0, 0.05) is 5.92 Å². The minimum atomic E-state index is -0.0851. The maximum atomic E-state index is 10.5. The summed E-state index contributed by atoms with van der Waals surface area (Å²) in [5.74, 6) is 1.82. The Kier molecular flexibility index (Phi) is 2.97. The molecule has 3 aliphatic rings. The van der Waals surface area contributed by atoms with Gasteiger partial charge in [-0.2, -0.15) is 0 Å². The summed E-state index contributed by atoms with van der Waals surface area (Å²) in [6, 6.07) is 0. The van der Waals surface area contributed by atoms with E-state index in [9.17, 15) is 5.11 Å². The SMILES string of the molecule is CC1CCCC(C(O)C2CC3CCC2O3)C1. The molecule has 1 N–H and O–H groups in total. The molecule has 0 radical (unpaired) electrons. The molecule has 2 aliphatic heterocycles. The van der Waals surface area contributed by atoms with Gasteiger partial charge in [-0.3, -0.25) is 0 Å². The number of aliphatic hydroxyl groups excluding tert-OH is 1. The molecule has 3 fully saturated rings. The van der Waals surface area contributed by atoms with Crippen LogP contribution in [-0.4, -0.2) is 23.4 Å². The van der Waals surface area contributed by atoms with Crippen LogP contribution in [0.4, 0.5) is 0 Å². The topological polar surface area (TPSA) is 29.5 Å². The first-order valence-electron chi connectivity index (χ1n) is 7.07. The fraction of sp³-hybridized carbons (Fsp3) is 1.00. The van der Waals surface area contributed by atoms with Crippen molar-refractivity contribution in [2.75, 3.05) is 0 Å². The molecule has 3 rings (SSSR count). The second-order valence-electron chi connectivity index (χ2n) is 6.30. The lowest BCUT2D eigenvalue weighted by atomic mass is 9.73. The highest BCUT2D eigenvalue weighted by molar-refractivity contribution is 4.95. The smallest absolute Gasteiger partial charge is 0.0633 e. The van der Waals surface area contributed by atoms with Crippen molar-refractivity contribution in [3.05, 3.63) is 0 Å². The molecule has 2 heterocycles. The summed E-state index contributed by atoms with van der Waals surface area (Å²) in [5.41, 5.74) is 0. The number of aliphatic hydroxyl groups is 1. The third-order valence-corrected chi connectivity index (χ3v) is 5.05. The van der Waals surface area contributed by atoms with Crippen molar-refractivity contribution in [2.24, 2.45) is 17.8 Å². The monoisotopic (exact) mass is 224 g/mol. The fourth-order valence-corrected chi connectivity index (χ4v) is 4.18. The van der Waals surface area contributed by atoms with Gasteiger partial charge in [0.05, 0.1) is 18.3 Å². The minimum absolute atomic E-state index is 0.0851. The molecule has 2 heteroatoms. The van der Waals surface area contributed by atoms with E-state index in [1.807, 2.05) is 0 Å². The summed E-state index contributed by atoms with van der Waals surface area (Å²) in [7, 11) is 0. The van der Waals surface area contributed by atoms with Crippen LogP contribution in [0.1, 0.15) is 51.9 Å². The first kappa shape index (κ1) is 11.0. The molecule has 1 aliphatic carbocycles. The molecular formula is C14H24O2. The number of hydrogen-bond donors (Lipinski definition) is 1. The average molecular weight is 224 g/mol. The van der Waals surface area contributed by atoms with Gasteiger partial charge >= 0.3 is 0 Å². The summed E-state index contributed by atoms with van der Waals surface area (Å²) in [5, 5.41) is 10.5. The van der Waals surface area contributed by atoms with Gasteiger partial charge in [0.2, 0.25) is 0 Å². The summed E-state index contributed by atoms with van der Waals surface area (Å²) in [6.07, 6.45) is 9.46. The molecule has 16 heavy (non-hydrogen) atoms. The van der Waals surface area contributed by atoms with Crippen molar-refractivity contribution in [2.45, 2.75) is 70.2 Å². The molecule has 2 nitrogen and oxygen atoms in total. The third-order valence-electron chi connectivity index (χ3n) is 5.05. The van der Waals surface area contributed by atoms with Crippen LogP contribution >= 0.6 is 0 Å². The predicted octanol–water partition coefficient (Wildman–Crippen LogP) is 2.74. The zero-order valence-electron chi connectivity index (χ0n) is 10.3. The first-order valence-corrected chi connectivity index (χ1v) is 7.07. The van der Waals surface area contributed by atoms with Gasteiger partial charge < -0.3 is 9.84 Å². The van der Waals surface area contributed by atoms with Gasteiger partial charge in [0.25, 0.3) is 0 Å². The van der Waals surface area contributed by atoms with Crippen LogP contribution in [0.5, 0.6) is 0 Å². The van der Waals surface area contributed by atoms with Crippen LogP contribution in [0.2, 0.25) is 0 Å². The second kappa shape index (κ2) is 4.30. The summed E-state index contributed by atoms with van der Waals surface area (Å²) >= 11 is 0. The normalized spacial score (nSPS) is 49.5. The molecule has 92 valence electrons. The zero-order chi connectivity index (χ0) is 11.1. The average Bonchev–Trinajstić information content (AvgIpc) is 2.89. The predicted molar refractivity (Wildman–Crippen MR) is 63.1 cm³/mol. The molecule has 0 spiro atoms. The molecule has 1 saturated carbocycles. The molecule has 2 bridgehead atoms. The van der Waals surface area contributed by atoms with Crippen molar-refractivity contribution in [1.82, 2.24) is 0 Å². The van der Waals surface area contributed by atoms with E-state index in [1.54, 1.807) is 0 Å². The number of hydrogen-bond acceptors (Lipinski definition) is 2. The Morgan fingerprint density at radius 3 is 2.62 bits per heavy atom.